The van der Waals surface area contributed by atoms with E-state index in [-0.39, 0.29) is 11.9 Å². The first kappa shape index (κ1) is 23.0. The molecular weight excluding hydrogens is 416 g/mol. The van der Waals surface area contributed by atoms with E-state index in [0.717, 1.165) is 24.2 Å². The summed E-state index contributed by atoms with van der Waals surface area (Å²) in [6, 6.07) is 11.5. The third-order valence-corrected chi connectivity index (χ3v) is 5.67. The minimum absolute atomic E-state index is 0.0918. The van der Waals surface area contributed by atoms with Crippen LogP contribution in [0.3, 0.4) is 0 Å². The van der Waals surface area contributed by atoms with Crippen molar-refractivity contribution in [3.8, 4) is 17.2 Å². The molecule has 1 aliphatic rings. The van der Waals surface area contributed by atoms with E-state index >= 15 is 0 Å². The maximum absolute atomic E-state index is 12.6. The van der Waals surface area contributed by atoms with E-state index in [2.05, 4.69) is 16.3 Å². The first-order valence-corrected chi connectivity index (χ1v) is 10.7. The van der Waals surface area contributed by atoms with Gasteiger partial charge in [0.15, 0.2) is 11.5 Å². The SMILES string of the molecule is COc1cc(OC)c(OC)cc1/C=C/C(=O)NCC(c1cccc(Cl)c1)N1CCCC1. The lowest BCUT2D eigenvalue weighted by Gasteiger charge is -2.28. The Balaban J connectivity index is 1.71. The molecule has 166 valence electrons. The van der Waals surface area contributed by atoms with Gasteiger partial charge in [-0.2, -0.15) is 0 Å². The molecule has 0 aromatic heterocycles. The number of halogens is 1. The molecule has 0 spiro atoms. The van der Waals surface area contributed by atoms with E-state index in [1.165, 1.54) is 18.9 Å². The van der Waals surface area contributed by atoms with Crippen molar-refractivity contribution in [2.24, 2.45) is 0 Å². The summed E-state index contributed by atoms with van der Waals surface area (Å²) in [6.45, 7) is 2.55. The quantitative estimate of drug-likeness (QED) is 0.583. The molecule has 1 N–H and O–H groups in total. The molecule has 7 heteroatoms. The topological polar surface area (TPSA) is 60.0 Å². The molecule has 1 amide bonds. The van der Waals surface area contributed by atoms with Crippen LogP contribution in [0.25, 0.3) is 6.08 Å². The van der Waals surface area contributed by atoms with Crippen LogP contribution in [0.4, 0.5) is 0 Å². The number of nitrogens with zero attached hydrogens (tertiary/aromatic N) is 1. The lowest BCUT2D eigenvalue weighted by molar-refractivity contribution is -0.116. The van der Waals surface area contributed by atoms with Crippen molar-refractivity contribution in [2.45, 2.75) is 18.9 Å². The molecule has 1 aliphatic heterocycles. The average molecular weight is 445 g/mol. The van der Waals surface area contributed by atoms with Gasteiger partial charge in [-0.25, -0.2) is 0 Å². The maximum atomic E-state index is 12.6. The largest absolute Gasteiger partial charge is 0.496 e. The van der Waals surface area contributed by atoms with Gasteiger partial charge in [-0.3, -0.25) is 9.69 Å². The number of rotatable bonds is 9. The fourth-order valence-electron chi connectivity index (χ4n) is 3.83. The van der Waals surface area contributed by atoms with E-state index in [1.54, 1.807) is 39.5 Å². The number of likely N-dealkylation sites (tertiary alicyclic amines) is 1. The highest BCUT2D eigenvalue weighted by atomic mass is 35.5. The summed E-state index contributed by atoms with van der Waals surface area (Å²) in [4.78, 5) is 15.0. The van der Waals surface area contributed by atoms with Gasteiger partial charge in [0, 0.05) is 29.3 Å². The second-order valence-corrected chi connectivity index (χ2v) is 7.78. The first-order valence-electron chi connectivity index (χ1n) is 10.3. The lowest BCUT2D eigenvalue weighted by atomic mass is 10.1. The minimum Gasteiger partial charge on any atom is -0.496 e. The highest BCUT2D eigenvalue weighted by Gasteiger charge is 2.24. The molecule has 6 nitrogen and oxygen atoms in total. The molecule has 1 unspecified atom stereocenters. The Hall–Kier alpha value is -2.70. The van der Waals surface area contributed by atoms with Crippen LogP contribution in [0.5, 0.6) is 17.2 Å². The number of carbonyl (C=O) groups excluding carboxylic acids is 1. The summed E-state index contributed by atoms with van der Waals surface area (Å²) >= 11 is 6.20. The van der Waals surface area contributed by atoms with Crippen LogP contribution in [0.15, 0.2) is 42.5 Å². The van der Waals surface area contributed by atoms with E-state index in [0.29, 0.717) is 28.8 Å². The minimum atomic E-state index is -0.178. The molecule has 2 aromatic rings. The van der Waals surface area contributed by atoms with Gasteiger partial charge in [0.25, 0.3) is 0 Å². The van der Waals surface area contributed by atoms with Crippen molar-refractivity contribution in [3.63, 3.8) is 0 Å². The number of nitrogens with one attached hydrogen (secondary N) is 1. The van der Waals surface area contributed by atoms with Crippen LogP contribution in [0.2, 0.25) is 5.02 Å². The number of carbonyl (C=O) groups is 1. The lowest BCUT2D eigenvalue weighted by Crippen LogP contribution is -2.36. The molecule has 1 heterocycles. The van der Waals surface area contributed by atoms with Crippen molar-refractivity contribution in [3.05, 3.63) is 58.6 Å². The van der Waals surface area contributed by atoms with E-state index in [9.17, 15) is 4.79 Å². The predicted molar refractivity (Wildman–Crippen MR) is 123 cm³/mol. The molecule has 0 saturated carbocycles. The zero-order chi connectivity index (χ0) is 22.2. The first-order chi connectivity index (χ1) is 15.0. The molecular formula is C24H29ClN2O4. The summed E-state index contributed by atoms with van der Waals surface area (Å²) in [6.07, 6.45) is 5.55. The number of hydrogen-bond donors (Lipinski definition) is 1. The Labute approximate surface area is 188 Å². The van der Waals surface area contributed by atoms with Crippen LogP contribution in [-0.4, -0.2) is 51.8 Å². The zero-order valence-electron chi connectivity index (χ0n) is 18.2. The van der Waals surface area contributed by atoms with Crippen molar-refractivity contribution >= 4 is 23.6 Å². The summed E-state index contributed by atoms with van der Waals surface area (Å²) in [5.41, 5.74) is 1.83. The molecule has 0 radical (unpaired) electrons. The highest BCUT2D eigenvalue weighted by molar-refractivity contribution is 6.30. The van der Waals surface area contributed by atoms with Crippen LogP contribution in [0, 0.1) is 0 Å². The van der Waals surface area contributed by atoms with Gasteiger partial charge in [0.1, 0.15) is 5.75 Å². The zero-order valence-corrected chi connectivity index (χ0v) is 18.9. The summed E-state index contributed by atoms with van der Waals surface area (Å²) in [5, 5.41) is 3.73. The Morgan fingerprint density at radius 2 is 1.74 bits per heavy atom. The standard InChI is InChI=1S/C24H29ClN2O4/c1-29-21-15-23(31-3)22(30-2)14-18(21)9-10-24(28)26-16-20(27-11-4-5-12-27)17-7-6-8-19(25)13-17/h6-10,13-15,20H,4-5,11-12,16H2,1-3H3,(H,26,28)/b10-9+. The summed E-state index contributed by atoms with van der Waals surface area (Å²) in [7, 11) is 4.71. The molecule has 1 fully saturated rings. The Morgan fingerprint density at radius 1 is 1.06 bits per heavy atom. The molecule has 2 aromatic carbocycles. The van der Waals surface area contributed by atoms with Gasteiger partial charge in [-0.05, 0) is 55.8 Å². The second-order valence-electron chi connectivity index (χ2n) is 7.34. The maximum Gasteiger partial charge on any atom is 0.244 e. The molecule has 1 atom stereocenters. The number of amides is 1. The third kappa shape index (κ3) is 5.93. The second kappa shape index (κ2) is 11.1. The Kier molecular flexibility index (Phi) is 8.20. The number of ether oxygens (including phenoxy) is 3. The van der Waals surface area contributed by atoms with Crippen molar-refractivity contribution in [1.82, 2.24) is 10.2 Å². The molecule has 0 aliphatic carbocycles. The van der Waals surface area contributed by atoms with Gasteiger partial charge < -0.3 is 19.5 Å². The Bertz CT molecular complexity index is 926. The number of hydrogen-bond acceptors (Lipinski definition) is 5. The van der Waals surface area contributed by atoms with Crippen LogP contribution in [0.1, 0.15) is 30.0 Å². The fourth-order valence-corrected chi connectivity index (χ4v) is 4.03. The van der Waals surface area contributed by atoms with E-state index in [1.807, 2.05) is 18.2 Å². The van der Waals surface area contributed by atoms with Crippen molar-refractivity contribution < 1.29 is 19.0 Å². The summed E-state index contributed by atoms with van der Waals surface area (Å²) in [5.74, 6) is 1.55. The molecule has 1 saturated heterocycles. The number of benzene rings is 2. The third-order valence-electron chi connectivity index (χ3n) is 5.43. The number of methoxy groups -OCH3 is 3. The molecule has 3 rings (SSSR count). The van der Waals surface area contributed by atoms with Gasteiger partial charge >= 0.3 is 0 Å². The van der Waals surface area contributed by atoms with E-state index in [4.69, 9.17) is 25.8 Å². The highest BCUT2D eigenvalue weighted by Crippen LogP contribution is 2.35. The van der Waals surface area contributed by atoms with Gasteiger partial charge in [-0.1, -0.05) is 23.7 Å². The summed E-state index contributed by atoms with van der Waals surface area (Å²) < 4.78 is 16.1. The van der Waals surface area contributed by atoms with Gasteiger partial charge in [-0.15, -0.1) is 0 Å². The molecule has 0 bridgehead atoms. The van der Waals surface area contributed by atoms with E-state index < -0.39 is 0 Å². The van der Waals surface area contributed by atoms with Crippen LogP contribution < -0.4 is 19.5 Å². The van der Waals surface area contributed by atoms with Crippen molar-refractivity contribution in [1.29, 1.82) is 0 Å². The monoisotopic (exact) mass is 444 g/mol. The Morgan fingerprint density at radius 3 is 2.39 bits per heavy atom. The normalized spacial score (nSPS) is 15.1. The smallest absolute Gasteiger partial charge is 0.244 e. The van der Waals surface area contributed by atoms with Crippen LogP contribution in [-0.2, 0) is 4.79 Å². The fraction of sp³-hybridized carbons (Fsp3) is 0.375. The molecule has 31 heavy (non-hydrogen) atoms. The van der Waals surface area contributed by atoms with Gasteiger partial charge in [0.2, 0.25) is 5.91 Å². The van der Waals surface area contributed by atoms with Gasteiger partial charge in [0.05, 0.1) is 27.4 Å². The van der Waals surface area contributed by atoms with Crippen molar-refractivity contribution in [2.75, 3.05) is 41.0 Å². The predicted octanol–water partition coefficient (Wildman–Crippen LogP) is 4.33. The van der Waals surface area contributed by atoms with Crippen LogP contribution >= 0.6 is 11.6 Å². The average Bonchev–Trinajstić information content (AvgIpc) is 3.31.